The Morgan fingerprint density at radius 2 is 2.06 bits per heavy atom. The van der Waals surface area contributed by atoms with Crippen LogP contribution in [0.15, 0.2) is 23.8 Å². The Morgan fingerprint density at radius 1 is 1.29 bits per heavy atom. The minimum Gasteiger partial charge on any atom is -0.455 e. The van der Waals surface area contributed by atoms with Crippen LogP contribution in [0, 0.1) is 40.4 Å². The van der Waals surface area contributed by atoms with Crippen LogP contribution in [-0.2, 0) is 23.7 Å². The second kappa shape index (κ2) is 7.24. The number of allylic oxidation sites excluding steroid dienone is 1. The monoisotopic (exact) mass is 431 g/mol. The summed E-state index contributed by atoms with van der Waals surface area (Å²) in [6.07, 6.45) is 7.08. The zero-order valence-electron chi connectivity index (χ0n) is 18.7. The molecule has 3 fully saturated rings. The van der Waals surface area contributed by atoms with Gasteiger partial charge in [-0.05, 0) is 19.8 Å². The molecular weight excluding hydrogens is 398 g/mol. The summed E-state index contributed by atoms with van der Waals surface area (Å²) < 4.78 is 23.1. The number of carbonyl (C=O) groups excluding carboxylic acids is 1. The van der Waals surface area contributed by atoms with Gasteiger partial charge in [-0.2, -0.15) is 0 Å². The van der Waals surface area contributed by atoms with Gasteiger partial charge in [-0.25, -0.2) is 0 Å². The molecule has 31 heavy (non-hydrogen) atoms. The van der Waals surface area contributed by atoms with Gasteiger partial charge in [-0.3, -0.25) is 4.79 Å². The second-order valence-electron chi connectivity index (χ2n) is 9.99. The summed E-state index contributed by atoms with van der Waals surface area (Å²) in [6, 6.07) is 0. The smallest absolute Gasteiger partial charge is 0.312 e. The number of aliphatic hydroxyl groups is 1. The molecule has 170 valence electrons. The average molecular weight is 432 g/mol. The molecule has 0 aromatic rings. The third-order valence-electron chi connectivity index (χ3n) is 8.65. The molecule has 1 saturated heterocycles. The first-order chi connectivity index (χ1) is 14.8. The lowest BCUT2D eigenvalue weighted by Gasteiger charge is -2.79. The summed E-state index contributed by atoms with van der Waals surface area (Å²) in [5.74, 6) is -0.947. The van der Waals surface area contributed by atoms with Crippen LogP contribution in [0.5, 0.6) is 0 Å². The fourth-order valence-electron chi connectivity index (χ4n) is 7.74. The van der Waals surface area contributed by atoms with Crippen LogP contribution in [-0.4, -0.2) is 68.1 Å². The Hall–Kier alpha value is -1.54. The van der Waals surface area contributed by atoms with Gasteiger partial charge in [-0.1, -0.05) is 30.7 Å². The highest BCUT2D eigenvalue weighted by Crippen LogP contribution is 2.80. The Labute approximate surface area is 183 Å². The number of carbonyl (C=O) groups is 1. The van der Waals surface area contributed by atoms with Crippen LogP contribution in [0.4, 0.5) is 0 Å². The van der Waals surface area contributed by atoms with Crippen molar-refractivity contribution in [2.75, 3.05) is 27.4 Å². The molecule has 0 radical (unpaired) electrons. The fraction of sp³-hybridized carbons (Fsp3) is 0.750. The van der Waals surface area contributed by atoms with Crippen LogP contribution in [0.3, 0.4) is 0 Å². The van der Waals surface area contributed by atoms with Gasteiger partial charge < -0.3 is 29.5 Å². The molecule has 0 amide bonds. The highest BCUT2D eigenvalue weighted by molar-refractivity contribution is 5.90. The summed E-state index contributed by atoms with van der Waals surface area (Å²) in [7, 11) is 3.12. The maximum atomic E-state index is 13.5. The van der Waals surface area contributed by atoms with Crippen molar-refractivity contribution < 1.29 is 28.8 Å². The zero-order valence-corrected chi connectivity index (χ0v) is 18.7. The van der Waals surface area contributed by atoms with Crippen LogP contribution >= 0.6 is 0 Å². The Bertz CT molecular complexity index is 853. The average Bonchev–Trinajstić information content (AvgIpc) is 3.03. The molecule has 0 aromatic heterocycles. The zero-order chi connectivity index (χ0) is 22.1. The first-order valence-corrected chi connectivity index (χ1v) is 11.3. The predicted molar refractivity (Wildman–Crippen MR) is 113 cm³/mol. The van der Waals surface area contributed by atoms with Crippen molar-refractivity contribution in [2.45, 2.75) is 50.6 Å². The molecule has 2 spiro atoms. The molecule has 2 N–H and O–H groups in total. The number of nitrogens with one attached hydrogen (secondary N) is 1. The quantitative estimate of drug-likeness (QED) is 0.393. The van der Waals surface area contributed by atoms with Crippen LogP contribution in [0.1, 0.15) is 26.7 Å². The fourth-order valence-corrected chi connectivity index (χ4v) is 7.74. The number of rotatable bonds is 5. The minimum absolute atomic E-state index is 0.0468. The van der Waals surface area contributed by atoms with Gasteiger partial charge >= 0.3 is 5.97 Å². The summed E-state index contributed by atoms with van der Waals surface area (Å²) >= 11 is 0. The summed E-state index contributed by atoms with van der Waals surface area (Å²) in [5, 5.41) is 19.5. The van der Waals surface area contributed by atoms with E-state index in [-0.39, 0.29) is 48.8 Å². The van der Waals surface area contributed by atoms with Crippen molar-refractivity contribution in [3.8, 4) is 0 Å². The molecule has 3 aliphatic carbocycles. The first-order valence-electron chi connectivity index (χ1n) is 11.3. The van der Waals surface area contributed by atoms with Crippen molar-refractivity contribution in [1.29, 1.82) is 5.41 Å². The van der Waals surface area contributed by atoms with E-state index in [0.717, 1.165) is 18.4 Å². The van der Waals surface area contributed by atoms with Crippen molar-refractivity contribution in [3.05, 3.63) is 23.8 Å². The molecule has 10 unspecified atom stereocenters. The molecule has 10 atom stereocenters. The van der Waals surface area contributed by atoms with E-state index in [2.05, 4.69) is 25.2 Å². The minimum atomic E-state index is -0.695. The van der Waals surface area contributed by atoms with Crippen LogP contribution in [0.25, 0.3) is 0 Å². The Morgan fingerprint density at radius 3 is 2.77 bits per heavy atom. The molecule has 7 heteroatoms. The SMILES string of the molecule is COCC(=N)C1OC(=O)C(COC)C2C=CC34OC5CCC(O)C(C53)C24C(C)=CC1C. The summed E-state index contributed by atoms with van der Waals surface area (Å²) in [4.78, 5) is 13.5. The molecule has 7 nitrogen and oxygen atoms in total. The van der Waals surface area contributed by atoms with E-state index in [0.29, 0.717) is 5.92 Å². The van der Waals surface area contributed by atoms with E-state index in [1.165, 1.54) is 7.11 Å². The lowest BCUT2D eigenvalue weighted by molar-refractivity contribution is -0.414. The summed E-state index contributed by atoms with van der Waals surface area (Å²) in [6.45, 7) is 4.40. The van der Waals surface area contributed by atoms with E-state index in [1.807, 2.05) is 6.92 Å². The lowest BCUT2D eigenvalue weighted by Crippen LogP contribution is -2.85. The molecule has 2 heterocycles. The van der Waals surface area contributed by atoms with Crippen molar-refractivity contribution in [1.82, 2.24) is 0 Å². The van der Waals surface area contributed by atoms with Gasteiger partial charge in [-0.15, -0.1) is 0 Å². The van der Waals surface area contributed by atoms with Crippen molar-refractivity contribution >= 4 is 11.7 Å². The molecule has 5 aliphatic rings. The van der Waals surface area contributed by atoms with Crippen molar-refractivity contribution in [2.24, 2.45) is 35.0 Å². The van der Waals surface area contributed by atoms with E-state index in [4.69, 9.17) is 24.4 Å². The number of hydrogen-bond donors (Lipinski definition) is 2. The number of esters is 1. The van der Waals surface area contributed by atoms with Crippen LogP contribution in [0.2, 0.25) is 0 Å². The third kappa shape index (κ3) is 2.49. The van der Waals surface area contributed by atoms with E-state index in [9.17, 15) is 9.90 Å². The number of aliphatic hydroxyl groups excluding tert-OH is 1. The maximum Gasteiger partial charge on any atom is 0.312 e. The van der Waals surface area contributed by atoms with Gasteiger partial charge in [0.05, 0.1) is 37.1 Å². The van der Waals surface area contributed by atoms with Gasteiger partial charge in [0.2, 0.25) is 0 Å². The third-order valence-corrected chi connectivity index (χ3v) is 8.65. The maximum absolute atomic E-state index is 13.5. The molecule has 2 aliphatic heterocycles. The molecule has 0 bridgehead atoms. The highest BCUT2D eigenvalue weighted by Gasteiger charge is 2.86. The number of hydrogen-bond acceptors (Lipinski definition) is 7. The van der Waals surface area contributed by atoms with Gasteiger partial charge in [0.25, 0.3) is 0 Å². The molecule has 5 rings (SSSR count). The second-order valence-corrected chi connectivity index (χ2v) is 9.99. The van der Waals surface area contributed by atoms with Gasteiger partial charge in [0.15, 0.2) is 0 Å². The number of methoxy groups -OCH3 is 2. The van der Waals surface area contributed by atoms with E-state index < -0.39 is 29.1 Å². The normalized spacial score (nSPS) is 49.7. The predicted octanol–water partition coefficient (Wildman–Crippen LogP) is 2.13. The standard InChI is InChI=1S/C24H33NO6/c1-12-9-13(2)24-15(14(10-28-3)22(27)30-21(12)16(25)11-29-4)7-8-23(24)20-18(31-23)6-5-17(26)19(20)24/h7-9,12,14-15,17-21,25-26H,5-6,10-11H2,1-4H3. The number of cyclic esters (lactones) is 1. The first kappa shape index (κ1) is 21.3. The Kier molecular flexibility index (Phi) is 4.97. The van der Waals surface area contributed by atoms with Crippen LogP contribution < -0.4 is 0 Å². The van der Waals surface area contributed by atoms with Gasteiger partial charge in [0, 0.05) is 43.3 Å². The van der Waals surface area contributed by atoms with E-state index >= 15 is 0 Å². The molecule has 2 saturated carbocycles. The van der Waals surface area contributed by atoms with E-state index in [1.54, 1.807) is 7.11 Å². The summed E-state index contributed by atoms with van der Waals surface area (Å²) in [5.41, 5.74) is 0.414. The van der Waals surface area contributed by atoms with Crippen molar-refractivity contribution in [3.63, 3.8) is 0 Å². The number of ether oxygens (including phenoxy) is 4. The Balaban J connectivity index is 1.64. The van der Waals surface area contributed by atoms with Gasteiger partial charge in [0.1, 0.15) is 11.7 Å². The lowest BCUT2D eigenvalue weighted by atomic mass is 9.33. The molecular formula is C24H33NO6. The molecule has 0 aromatic carbocycles. The largest absolute Gasteiger partial charge is 0.455 e. The topological polar surface area (TPSA) is 98.1 Å². The highest BCUT2D eigenvalue weighted by atomic mass is 16.6.